The predicted molar refractivity (Wildman–Crippen MR) is 93.4 cm³/mol. The minimum absolute atomic E-state index is 0.238. The van der Waals surface area contributed by atoms with E-state index in [2.05, 4.69) is 55.3 Å². The molecule has 3 nitrogen and oxygen atoms in total. The van der Waals surface area contributed by atoms with Crippen LogP contribution in [0.2, 0.25) is 0 Å². The summed E-state index contributed by atoms with van der Waals surface area (Å²) < 4.78 is 5.66. The average molecular weight is 304 g/mol. The number of ether oxygens (including phenoxy) is 1. The molecule has 0 amide bonds. The molecule has 1 aromatic carbocycles. The van der Waals surface area contributed by atoms with Crippen molar-refractivity contribution in [2.24, 2.45) is 5.92 Å². The Balaban J connectivity index is 1.56. The van der Waals surface area contributed by atoms with Crippen molar-refractivity contribution >= 4 is 0 Å². The molecule has 3 heteroatoms. The summed E-state index contributed by atoms with van der Waals surface area (Å²) in [6, 6.07) is 8.42. The molecule has 0 spiro atoms. The predicted octanol–water partition coefficient (Wildman–Crippen LogP) is 3.69. The van der Waals surface area contributed by atoms with Crippen LogP contribution in [0.25, 0.3) is 0 Å². The molecule has 1 aliphatic heterocycles. The highest BCUT2D eigenvalue weighted by molar-refractivity contribution is 5.27. The molecule has 1 N–H and O–H groups in total. The van der Waals surface area contributed by atoms with Crippen LogP contribution in [-0.4, -0.2) is 37.2 Å². The zero-order valence-electron chi connectivity index (χ0n) is 14.5. The van der Waals surface area contributed by atoms with Gasteiger partial charge in [0.25, 0.3) is 0 Å². The van der Waals surface area contributed by atoms with E-state index in [0.29, 0.717) is 0 Å². The Labute approximate surface area is 136 Å². The highest BCUT2D eigenvalue weighted by atomic mass is 16.5. The van der Waals surface area contributed by atoms with Crippen LogP contribution in [0.15, 0.2) is 24.3 Å². The summed E-state index contributed by atoms with van der Waals surface area (Å²) in [5.74, 6) is 1.88. The monoisotopic (exact) mass is 304 g/mol. The second-order valence-corrected chi connectivity index (χ2v) is 6.87. The van der Waals surface area contributed by atoms with Gasteiger partial charge in [0.2, 0.25) is 0 Å². The first kappa shape index (κ1) is 17.3. The van der Waals surface area contributed by atoms with Crippen molar-refractivity contribution in [2.45, 2.75) is 52.7 Å². The van der Waals surface area contributed by atoms with Crippen LogP contribution in [0.3, 0.4) is 0 Å². The Hall–Kier alpha value is -1.06. The Kier molecular flexibility index (Phi) is 7.20. The van der Waals surface area contributed by atoms with Gasteiger partial charge in [-0.3, -0.25) is 0 Å². The molecule has 0 unspecified atom stereocenters. The summed E-state index contributed by atoms with van der Waals surface area (Å²) in [6.45, 7) is 12.3. The first-order valence-corrected chi connectivity index (χ1v) is 8.82. The van der Waals surface area contributed by atoms with Gasteiger partial charge in [0.1, 0.15) is 5.75 Å². The van der Waals surface area contributed by atoms with Gasteiger partial charge in [-0.15, -0.1) is 0 Å². The fourth-order valence-corrected chi connectivity index (χ4v) is 2.90. The zero-order chi connectivity index (χ0) is 15.8. The lowest BCUT2D eigenvalue weighted by Crippen LogP contribution is -2.34. The van der Waals surface area contributed by atoms with Gasteiger partial charge in [0.05, 0.1) is 6.10 Å². The van der Waals surface area contributed by atoms with Gasteiger partial charge < -0.3 is 15.0 Å². The van der Waals surface area contributed by atoms with Crippen molar-refractivity contribution < 1.29 is 4.74 Å². The highest BCUT2D eigenvalue weighted by Gasteiger charge is 2.14. The third-order valence-corrected chi connectivity index (χ3v) is 4.33. The number of benzene rings is 1. The van der Waals surface area contributed by atoms with Crippen LogP contribution in [-0.2, 0) is 6.54 Å². The van der Waals surface area contributed by atoms with Crippen molar-refractivity contribution in [3.05, 3.63) is 29.8 Å². The molecule has 1 fully saturated rings. The molecular weight excluding hydrogens is 272 g/mol. The molecule has 0 bridgehead atoms. The Morgan fingerprint density at radius 3 is 2.50 bits per heavy atom. The topological polar surface area (TPSA) is 24.5 Å². The lowest BCUT2D eigenvalue weighted by molar-refractivity contribution is 0.190. The first-order valence-electron chi connectivity index (χ1n) is 8.82. The molecule has 124 valence electrons. The maximum Gasteiger partial charge on any atom is 0.119 e. The SMILES string of the molecule is CC1CCN(CCCNCc2ccc(OC(C)C)cc2)CC1. The van der Waals surface area contributed by atoms with Crippen molar-refractivity contribution in [3.8, 4) is 5.75 Å². The largest absolute Gasteiger partial charge is 0.491 e. The molecule has 1 aliphatic rings. The minimum atomic E-state index is 0.238. The highest BCUT2D eigenvalue weighted by Crippen LogP contribution is 2.16. The molecule has 2 rings (SSSR count). The molecule has 1 saturated heterocycles. The quantitative estimate of drug-likeness (QED) is 0.741. The zero-order valence-corrected chi connectivity index (χ0v) is 14.5. The third-order valence-electron chi connectivity index (χ3n) is 4.33. The second-order valence-electron chi connectivity index (χ2n) is 6.87. The van der Waals surface area contributed by atoms with E-state index in [1.807, 2.05) is 0 Å². The maximum atomic E-state index is 5.66. The van der Waals surface area contributed by atoms with Gasteiger partial charge in [-0.2, -0.15) is 0 Å². The van der Waals surface area contributed by atoms with Crippen LogP contribution < -0.4 is 10.1 Å². The van der Waals surface area contributed by atoms with Gasteiger partial charge in [-0.25, -0.2) is 0 Å². The van der Waals surface area contributed by atoms with Gasteiger partial charge >= 0.3 is 0 Å². The summed E-state index contributed by atoms with van der Waals surface area (Å²) in [5, 5.41) is 3.54. The summed E-state index contributed by atoms with van der Waals surface area (Å²) in [4.78, 5) is 2.61. The average Bonchev–Trinajstić information content (AvgIpc) is 2.50. The van der Waals surface area contributed by atoms with E-state index in [0.717, 1.165) is 24.8 Å². The van der Waals surface area contributed by atoms with E-state index in [4.69, 9.17) is 4.74 Å². The summed E-state index contributed by atoms with van der Waals surface area (Å²) in [5.41, 5.74) is 1.32. The number of hydrogen-bond donors (Lipinski definition) is 1. The molecule has 0 aromatic heterocycles. The molecular formula is C19H32N2O. The number of piperidine rings is 1. The number of likely N-dealkylation sites (tertiary alicyclic amines) is 1. The standard InChI is InChI=1S/C19H32N2O/c1-16(2)22-19-7-5-18(6-8-19)15-20-11-4-12-21-13-9-17(3)10-14-21/h5-8,16-17,20H,4,9-15H2,1-3H3. The van der Waals surface area contributed by atoms with E-state index >= 15 is 0 Å². The lowest BCUT2D eigenvalue weighted by atomic mass is 9.99. The third kappa shape index (κ3) is 6.37. The van der Waals surface area contributed by atoms with Crippen molar-refractivity contribution in [1.82, 2.24) is 10.2 Å². The molecule has 1 heterocycles. The van der Waals surface area contributed by atoms with Crippen LogP contribution >= 0.6 is 0 Å². The fourth-order valence-electron chi connectivity index (χ4n) is 2.90. The molecule has 1 aromatic rings. The number of nitrogens with one attached hydrogen (secondary N) is 1. The maximum absolute atomic E-state index is 5.66. The van der Waals surface area contributed by atoms with Crippen LogP contribution in [0, 0.1) is 5.92 Å². The molecule has 0 saturated carbocycles. The van der Waals surface area contributed by atoms with Crippen molar-refractivity contribution in [3.63, 3.8) is 0 Å². The van der Waals surface area contributed by atoms with E-state index in [1.165, 1.54) is 44.5 Å². The normalized spacial score (nSPS) is 17.1. The van der Waals surface area contributed by atoms with Crippen molar-refractivity contribution in [2.75, 3.05) is 26.2 Å². The lowest BCUT2D eigenvalue weighted by Gasteiger charge is -2.30. The van der Waals surface area contributed by atoms with Crippen LogP contribution in [0.4, 0.5) is 0 Å². The number of hydrogen-bond acceptors (Lipinski definition) is 3. The Morgan fingerprint density at radius 2 is 1.86 bits per heavy atom. The summed E-state index contributed by atoms with van der Waals surface area (Å²) in [7, 11) is 0. The van der Waals surface area contributed by atoms with Gasteiger partial charge in [-0.1, -0.05) is 19.1 Å². The molecule has 0 radical (unpaired) electrons. The minimum Gasteiger partial charge on any atom is -0.491 e. The van der Waals surface area contributed by atoms with Gasteiger partial charge in [0, 0.05) is 6.54 Å². The van der Waals surface area contributed by atoms with E-state index in [9.17, 15) is 0 Å². The Morgan fingerprint density at radius 1 is 1.18 bits per heavy atom. The van der Waals surface area contributed by atoms with E-state index in [1.54, 1.807) is 0 Å². The number of rotatable bonds is 8. The number of nitrogens with zero attached hydrogens (tertiary/aromatic N) is 1. The summed E-state index contributed by atoms with van der Waals surface area (Å²) in [6.07, 6.45) is 4.22. The molecule has 0 aliphatic carbocycles. The van der Waals surface area contributed by atoms with Crippen LogP contribution in [0.5, 0.6) is 5.75 Å². The van der Waals surface area contributed by atoms with Crippen molar-refractivity contribution in [1.29, 1.82) is 0 Å². The van der Waals surface area contributed by atoms with E-state index < -0.39 is 0 Å². The van der Waals surface area contributed by atoms with Crippen LogP contribution in [0.1, 0.15) is 45.6 Å². The first-order chi connectivity index (χ1) is 10.6. The fraction of sp³-hybridized carbons (Fsp3) is 0.684. The van der Waals surface area contributed by atoms with Gasteiger partial charge in [0.15, 0.2) is 0 Å². The second kappa shape index (κ2) is 9.16. The summed E-state index contributed by atoms with van der Waals surface area (Å²) >= 11 is 0. The van der Waals surface area contributed by atoms with Gasteiger partial charge in [-0.05, 0) is 82.9 Å². The smallest absolute Gasteiger partial charge is 0.119 e. The Bertz CT molecular complexity index is 408. The molecule has 22 heavy (non-hydrogen) atoms. The van der Waals surface area contributed by atoms with E-state index in [-0.39, 0.29) is 6.10 Å². The molecule has 0 atom stereocenters.